The summed E-state index contributed by atoms with van der Waals surface area (Å²) in [5.41, 5.74) is 0.796. The largest absolute Gasteiger partial charge is 0.394 e. The van der Waals surface area contributed by atoms with Crippen LogP contribution in [-0.2, 0) is 10.3 Å². The summed E-state index contributed by atoms with van der Waals surface area (Å²) in [5.74, 6) is 0. The molecule has 17 heavy (non-hydrogen) atoms. The van der Waals surface area contributed by atoms with Crippen LogP contribution in [0.5, 0.6) is 0 Å². The van der Waals surface area contributed by atoms with Crippen molar-refractivity contribution in [2.45, 2.75) is 30.8 Å². The van der Waals surface area contributed by atoms with Gasteiger partial charge in [0.05, 0.1) is 12.1 Å². The molecule has 1 aliphatic carbocycles. The van der Waals surface area contributed by atoms with E-state index >= 15 is 0 Å². The summed E-state index contributed by atoms with van der Waals surface area (Å²) in [4.78, 5) is 0. The third kappa shape index (κ3) is 3.06. The Morgan fingerprint density at radius 3 is 2.59 bits per heavy atom. The van der Waals surface area contributed by atoms with Crippen LogP contribution in [0.4, 0.5) is 0 Å². The summed E-state index contributed by atoms with van der Waals surface area (Å²) < 4.78 is 5.17. The number of methoxy groups -OCH3 is 1. The highest BCUT2D eigenvalue weighted by Crippen LogP contribution is 2.31. The summed E-state index contributed by atoms with van der Waals surface area (Å²) >= 11 is 0. The molecule has 0 aromatic heterocycles. The van der Waals surface area contributed by atoms with Crippen LogP contribution >= 0.6 is 0 Å². The van der Waals surface area contributed by atoms with Gasteiger partial charge in [0.2, 0.25) is 0 Å². The van der Waals surface area contributed by atoms with E-state index in [-0.39, 0.29) is 12.1 Å². The molecular weight excluding hydrogens is 214 g/mol. The Morgan fingerprint density at radius 1 is 1.35 bits per heavy atom. The van der Waals surface area contributed by atoms with Crippen LogP contribution < -0.4 is 5.32 Å². The lowest BCUT2D eigenvalue weighted by Gasteiger charge is -2.34. The first kappa shape index (κ1) is 12.6. The molecule has 2 rings (SSSR count). The van der Waals surface area contributed by atoms with Crippen LogP contribution in [0.1, 0.15) is 24.8 Å². The highest BCUT2D eigenvalue weighted by Gasteiger charge is 2.36. The summed E-state index contributed by atoms with van der Waals surface area (Å²) in [5, 5.41) is 13.4. The summed E-state index contributed by atoms with van der Waals surface area (Å²) in [6, 6.07) is 10.7. The van der Waals surface area contributed by atoms with E-state index in [1.54, 1.807) is 7.11 Å². The van der Waals surface area contributed by atoms with Crippen LogP contribution in [0.25, 0.3) is 0 Å². The topological polar surface area (TPSA) is 41.5 Å². The Morgan fingerprint density at radius 2 is 2.06 bits per heavy atom. The second-order valence-corrected chi connectivity index (χ2v) is 4.77. The van der Waals surface area contributed by atoms with E-state index in [9.17, 15) is 5.11 Å². The molecule has 1 unspecified atom stereocenters. The molecule has 1 aromatic carbocycles. The Balaban J connectivity index is 2.19. The van der Waals surface area contributed by atoms with Gasteiger partial charge in [0, 0.05) is 19.8 Å². The van der Waals surface area contributed by atoms with Gasteiger partial charge in [-0.15, -0.1) is 0 Å². The quantitative estimate of drug-likeness (QED) is 0.755. The molecule has 0 saturated heterocycles. The summed E-state index contributed by atoms with van der Waals surface area (Å²) in [6.07, 6.45) is 3.21. The molecule has 0 aliphatic heterocycles. The normalized spacial score (nSPS) is 18.9. The second kappa shape index (κ2) is 5.63. The van der Waals surface area contributed by atoms with E-state index in [4.69, 9.17) is 4.74 Å². The van der Waals surface area contributed by atoms with Gasteiger partial charge in [-0.2, -0.15) is 0 Å². The summed E-state index contributed by atoms with van der Waals surface area (Å²) in [7, 11) is 1.70. The van der Waals surface area contributed by atoms with Gasteiger partial charge in [-0.3, -0.25) is 0 Å². The van der Waals surface area contributed by atoms with E-state index in [0.29, 0.717) is 12.6 Å². The molecule has 0 bridgehead atoms. The molecule has 0 spiro atoms. The minimum atomic E-state index is -0.349. The van der Waals surface area contributed by atoms with Gasteiger partial charge in [0.15, 0.2) is 0 Å². The van der Waals surface area contributed by atoms with E-state index in [0.717, 1.165) is 12.0 Å². The highest BCUT2D eigenvalue weighted by atomic mass is 16.5. The van der Waals surface area contributed by atoms with Crippen LogP contribution in [0, 0.1) is 0 Å². The average Bonchev–Trinajstić information content (AvgIpc) is 3.19. The molecule has 1 aromatic rings. The second-order valence-electron chi connectivity index (χ2n) is 4.77. The fourth-order valence-electron chi connectivity index (χ4n) is 2.17. The molecule has 1 saturated carbocycles. The first-order valence-electron chi connectivity index (χ1n) is 6.24. The number of hydrogen-bond donors (Lipinski definition) is 2. The molecule has 3 heteroatoms. The maximum atomic E-state index is 9.82. The number of hydrogen-bond acceptors (Lipinski definition) is 3. The lowest BCUT2D eigenvalue weighted by Crippen LogP contribution is -2.47. The van der Waals surface area contributed by atoms with Crippen LogP contribution in [-0.4, -0.2) is 31.5 Å². The Labute approximate surface area is 103 Å². The highest BCUT2D eigenvalue weighted by molar-refractivity contribution is 5.25. The molecule has 2 N–H and O–H groups in total. The third-order valence-corrected chi connectivity index (χ3v) is 3.39. The van der Waals surface area contributed by atoms with E-state index in [2.05, 4.69) is 17.4 Å². The van der Waals surface area contributed by atoms with Crippen molar-refractivity contribution in [2.24, 2.45) is 0 Å². The van der Waals surface area contributed by atoms with E-state index < -0.39 is 0 Å². The zero-order valence-corrected chi connectivity index (χ0v) is 10.4. The minimum Gasteiger partial charge on any atom is -0.394 e. The first-order chi connectivity index (χ1) is 8.30. The van der Waals surface area contributed by atoms with Gasteiger partial charge in [0.1, 0.15) is 0 Å². The monoisotopic (exact) mass is 235 g/mol. The van der Waals surface area contributed by atoms with E-state index in [1.807, 2.05) is 18.2 Å². The molecule has 3 nitrogen and oxygen atoms in total. The van der Waals surface area contributed by atoms with Crippen molar-refractivity contribution in [1.29, 1.82) is 0 Å². The number of nitrogens with one attached hydrogen (secondary N) is 1. The van der Waals surface area contributed by atoms with Gasteiger partial charge in [-0.25, -0.2) is 0 Å². The lowest BCUT2D eigenvalue weighted by molar-refractivity contribution is 0.103. The van der Waals surface area contributed by atoms with Crippen LogP contribution in [0.3, 0.4) is 0 Å². The van der Waals surface area contributed by atoms with Gasteiger partial charge in [-0.05, 0) is 24.8 Å². The molecular formula is C14H21NO2. The maximum absolute atomic E-state index is 9.82. The van der Waals surface area contributed by atoms with Gasteiger partial charge >= 0.3 is 0 Å². The standard InChI is InChI=1S/C14H21NO2/c1-17-10-9-14(11-16,15-13-7-8-13)12-5-3-2-4-6-12/h2-6,13,15-16H,7-11H2,1H3. The average molecular weight is 235 g/mol. The Kier molecular flexibility index (Phi) is 4.15. The number of aliphatic hydroxyl groups excluding tert-OH is 1. The molecule has 0 heterocycles. The third-order valence-electron chi connectivity index (χ3n) is 3.39. The first-order valence-corrected chi connectivity index (χ1v) is 6.24. The number of rotatable bonds is 7. The SMILES string of the molecule is COCCC(CO)(NC1CC1)c1ccccc1. The molecule has 94 valence electrons. The lowest BCUT2D eigenvalue weighted by atomic mass is 9.87. The Bertz CT molecular complexity index is 337. The predicted molar refractivity (Wildman–Crippen MR) is 67.9 cm³/mol. The van der Waals surface area contributed by atoms with Crippen molar-refractivity contribution >= 4 is 0 Å². The van der Waals surface area contributed by atoms with E-state index in [1.165, 1.54) is 12.8 Å². The molecule has 0 radical (unpaired) electrons. The minimum absolute atomic E-state index is 0.108. The smallest absolute Gasteiger partial charge is 0.0693 e. The van der Waals surface area contributed by atoms with Crippen molar-refractivity contribution in [3.05, 3.63) is 35.9 Å². The van der Waals surface area contributed by atoms with Gasteiger partial charge in [-0.1, -0.05) is 30.3 Å². The predicted octanol–water partition coefficient (Wildman–Crippen LogP) is 1.66. The van der Waals surface area contributed by atoms with Crippen molar-refractivity contribution in [2.75, 3.05) is 20.3 Å². The van der Waals surface area contributed by atoms with Crippen molar-refractivity contribution in [1.82, 2.24) is 5.32 Å². The zero-order valence-electron chi connectivity index (χ0n) is 10.4. The Hall–Kier alpha value is -0.900. The molecule has 1 aliphatic rings. The summed E-state index contributed by atoms with van der Waals surface area (Å²) in [6.45, 7) is 0.756. The van der Waals surface area contributed by atoms with Gasteiger partial charge < -0.3 is 15.2 Å². The fraction of sp³-hybridized carbons (Fsp3) is 0.571. The fourth-order valence-corrected chi connectivity index (χ4v) is 2.17. The van der Waals surface area contributed by atoms with Crippen LogP contribution in [0.2, 0.25) is 0 Å². The number of aliphatic hydroxyl groups is 1. The van der Waals surface area contributed by atoms with Crippen molar-refractivity contribution in [3.8, 4) is 0 Å². The molecule has 1 fully saturated rings. The van der Waals surface area contributed by atoms with Gasteiger partial charge in [0.25, 0.3) is 0 Å². The zero-order chi connectivity index (χ0) is 12.1. The molecule has 0 amide bonds. The van der Waals surface area contributed by atoms with Crippen molar-refractivity contribution < 1.29 is 9.84 Å². The van der Waals surface area contributed by atoms with Crippen molar-refractivity contribution in [3.63, 3.8) is 0 Å². The maximum Gasteiger partial charge on any atom is 0.0693 e. The number of benzene rings is 1. The van der Waals surface area contributed by atoms with Crippen LogP contribution in [0.15, 0.2) is 30.3 Å². The number of ether oxygens (including phenoxy) is 1. The molecule has 1 atom stereocenters.